The van der Waals surface area contributed by atoms with E-state index < -0.39 is 17.9 Å². The summed E-state index contributed by atoms with van der Waals surface area (Å²) >= 11 is 0. The monoisotopic (exact) mass is 445 g/mol. The fourth-order valence-electron chi connectivity index (χ4n) is 4.08. The van der Waals surface area contributed by atoms with E-state index in [1.807, 2.05) is 25.1 Å². The first-order valence-corrected chi connectivity index (χ1v) is 10.6. The molecule has 4 N–H and O–H groups in total. The highest BCUT2D eigenvalue weighted by atomic mass is 19.4. The average molecular weight is 445 g/mol. The minimum absolute atomic E-state index is 0.0810. The third kappa shape index (κ3) is 4.63. The number of halogens is 3. The summed E-state index contributed by atoms with van der Waals surface area (Å²) in [5, 5.41) is 16.4. The van der Waals surface area contributed by atoms with Crippen LogP contribution in [0.5, 0.6) is 5.75 Å². The van der Waals surface area contributed by atoms with Crippen LogP contribution in [0.4, 0.5) is 19.0 Å². The zero-order chi connectivity index (χ0) is 22.9. The van der Waals surface area contributed by atoms with Crippen LogP contribution < -0.4 is 21.1 Å². The van der Waals surface area contributed by atoms with Gasteiger partial charge < -0.3 is 21.1 Å². The van der Waals surface area contributed by atoms with Crippen molar-refractivity contribution in [3.05, 3.63) is 58.8 Å². The Morgan fingerprint density at radius 3 is 2.72 bits per heavy atom. The summed E-state index contributed by atoms with van der Waals surface area (Å²) in [7, 11) is 0. The Kier molecular flexibility index (Phi) is 6.21. The van der Waals surface area contributed by atoms with Gasteiger partial charge in [0, 0.05) is 16.8 Å². The summed E-state index contributed by atoms with van der Waals surface area (Å²) < 4.78 is 45.9. The molecule has 1 saturated heterocycles. The molecule has 0 aliphatic carbocycles. The predicted molar refractivity (Wildman–Crippen MR) is 118 cm³/mol. The number of fused-ring (bicyclic) bond motifs is 1. The zero-order valence-electron chi connectivity index (χ0n) is 18.0. The van der Waals surface area contributed by atoms with E-state index in [9.17, 15) is 13.2 Å². The van der Waals surface area contributed by atoms with E-state index in [4.69, 9.17) is 10.5 Å². The lowest BCUT2D eigenvalue weighted by Gasteiger charge is -2.21. The third-order valence-corrected chi connectivity index (χ3v) is 5.86. The molecule has 32 heavy (non-hydrogen) atoms. The van der Waals surface area contributed by atoms with Crippen LogP contribution in [-0.2, 0) is 6.18 Å². The third-order valence-electron chi connectivity index (χ3n) is 5.86. The largest absolute Gasteiger partial charge is 0.492 e. The molecule has 1 fully saturated rings. The fourth-order valence-corrected chi connectivity index (χ4v) is 4.08. The van der Waals surface area contributed by atoms with Crippen LogP contribution in [0, 0.1) is 13.8 Å². The summed E-state index contributed by atoms with van der Waals surface area (Å²) in [6.45, 7) is 4.83. The molecule has 1 aromatic heterocycles. The van der Waals surface area contributed by atoms with Crippen molar-refractivity contribution in [3.63, 3.8) is 0 Å². The van der Waals surface area contributed by atoms with Gasteiger partial charge in [-0.15, -0.1) is 5.10 Å². The van der Waals surface area contributed by atoms with E-state index in [2.05, 4.69) is 20.8 Å². The fraction of sp³-hybridized carbons (Fsp3) is 0.391. The number of benzene rings is 2. The molecule has 4 rings (SSSR count). The van der Waals surface area contributed by atoms with Crippen LogP contribution in [0.25, 0.3) is 10.8 Å². The van der Waals surface area contributed by atoms with Crippen LogP contribution in [-0.4, -0.2) is 29.4 Å². The maximum absolute atomic E-state index is 13.3. The lowest BCUT2D eigenvalue weighted by molar-refractivity contribution is -0.138. The average Bonchev–Trinajstić information content (AvgIpc) is 3.27. The number of anilines is 1. The van der Waals surface area contributed by atoms with Crippen molar-refractivity contribution in [1.82, 2.24) is 15.5 Å². The maximum atomic E-state index is 13.3. The van der Waals surface area contributed by atoms with Gasteiger partial charge in [-0.05, 0) is 68.6 Å². The zero-order valence-corrected chi connectivity index (χ0v) is 18.0. The first-order chi connectivity index (χ1) is 15.2. The molecule has 2 heterocycles. The van der Waals surface area contributed by atoms with Crippen LogP contribution in [0.3, 0.4) is 0 Å². The molecule has 6 nitrogen and oxygen atoms in total. The van der Waals surface area contributed by atoms with E-state index in [1.54, 1.807) is 6.07 Å². The molecule has 0 spiro atoms. The van der Waals surface area contributed by atoms with Gasteiger partial charge in [-0.1, -0.05) is 12.1 Å². The number of hydrogen-bond acceptors (Lipinski definition) is 6. The van der Waals surface area contributed by atoms with Gasteiger partial charge >= 0.3 is 6.18 Å². The van der Waals surface area contributed by atoms with Crippen molar-refractivity contribution in [2.75, 3.05) is 18.5 Å². The van der Waals surface area contributed by atoms with Crippen LogP contribution in [0.2, 0.25) is 0 Å². The van der Waals surface area contributed by atoms with E-state index in [0.29, 0.717) is 29.8 Å². The highest BCUT2D eigenvalue weighted by molar-refractivity contribution is 5.94. The second kappa shape index (κ2) is 8.91. The molecular formula is C23H26F3N5O. The second-order valence-corrected chi connectivity index (χ2v) is 8.09. The molecule has 3 aromatic rings. The Hall–Kier alpha value is -2.91. The Labute approximate surface area is 184 Å². The number of ether oxygens (including phenoxy) is 1. The maximum Gasteiger partial charge on any atom is 0.416 e. The minimum atomic E-state index is -4.45. The summed E-state index contributed by atoms with van der Waals surface area (Å²) in [5.41, 5.74) is 6.72. The van der Waals surface area contributed by atoms with Gasteiger partial charge in [-0.25, -0.2) is 0 Å². The first kappa shape index (κ1) is 22.3. The molecule has 0 unspecified atom stereocenters. The number of aryl methyl sites for hydroxylation is 1. The van der Waals surface area contributed by atoms with Crippen molar-refractivity contribution in [3.8, 4) is 5.75 Å². The molecule has 2 atom stereocenters. The summed E-state index contributed by atoms with van der Waals surface area (Å²) in [4.78, 5) is 0. The van der Waals surface area contributed by atoms with E-state index >= 15 is 0 Å². The molecular weight excluding hydrogens is 419 g/mol. The van der Waals surface area contributed by atoms with Gasteiger partial charge in [0.15, 0.2) is 5.82 Å². The van der Waals surface area contributed by atoms with Crippen molar-refractivity contribution >= 4 is 16.6 Å². The van der Waals surface area contributed by atoms with Gasteiger partial charge in [0.1, 0.15) is 18.5 Å². The topological polar surface area (TPSA) is 85.1 Å². The van der Waals surface area contributed by atoms with Gasteiger partial charge in [0.2, 0.25) is 0 Å². The quantitative estimate of drug-likeness (QED) is 0.486. The van der Waals surface area contributed by atoms with Gasteiger partial charge in [-0.3, -0.25) is 0 Å². The molecule has 0 bridgehead atoms. The van der Waals surface area contributed by atoms with Crippen molar-refractivity contribution < 1.29 is 17.9 Å². The second-order valence-electron chi connectivity index (χ2n) is 8.09. The molecule has 1 aliphatic rings. The van der Waals surface area contributed by atoms with Gasteiger partial charge in [-0.2, -0.15) is 18.3 Å². The van der Waals surface area contributed by atoms with Gasteiger partial charge in [0.25, 0.3) is 0 Å². The number of nitrogens with zero attached hydrogens (tertiary/aromatic N) is 2. The predicted octanol–water partition coefficient (Wildman–Crippen LogP) is 4.47. The molecule has 170 valence electrons. The van der Waals surface area contributed by atoms with Crippen LogP contribution >= 0.6 is 0 Å². The molecule has 9 heteroatoms. The summed E-state index contributed by atoms with van der Waals surface area (Å²) in [6.07, 6.45) is -3.13. The number of nitrogens with two attached hydrogens (primary N) is 1. The number of aromatic nitrogens is 2. The lowest BCUT2D eigenvalue weighted by atomic mass is 10.00. The Balaban J connectivity index is 1.62. The molecule has 0 radical (unpaired) electrons. The molecule has 2 aromatic carbocycles. The molecule has 1 aliphatic heterocycles. The van der Waals surface area contributed by atoms with Crippen molar-refractivity contribution in [1.29, 1.82) is 0 Å². The number of nitrogens with one attached hydrogen (secondary N) is 2. The Morgan fingerprint density at radius 2 is 2.00 bits per heavy atom. The summed E-state index contributed by atoms with van der Waals surface area (Å²) in [5.74, 6) is 1.07. The normalized spacial score (nSPS) is 17.5. The summed E-state index contributed by atoms with van der Waals surface area (Å²) in [6, 6.07) is 9.97. The van der Waals surface area contributed by atoms with E-state index in [0.717, 1.165) is 41.9 Å². The van der Waals surface area contributed by atoms with Crippen LogP contribution in [0.1, 0.15) is 41.4 Å². The van der Waals surface area contributed by atoms with E-state index in [-0.39, 0.29) is 5.56 Å². The number of alkyl halides is 3. The first-order valence-electron chi connectivity index (χ1n) is 10.6. The molecule has 0 amide bonds. The lowest BCUT2D eigenvalue weighted by Crippen LogP contribution is -2.28. The number of rotatable bonds is 6. The smallest absolute Gasteiger partial charge is 0.416 e. The van der Waals surface area contributed by atoms with Crippen molar-refractivity contribution in [2.45, 2.75) is 45.1 Å². The van der Waals surface area contributed by atoms with E-state index in [1.165, 1.54) is 13.0 Å². The molecule has 0 saturated carbocycles. The van der Waals surface area contributed by atoms with Gasteiger partial charge in [0.05, 0.1) is 11.3 Å². The van der Waals surface area contributed by atoms with Crippen molar-refractivity contribution in [2.24, 2.45) is 5.73 Å². The SMILES string of the molecule is Cc1c([C@@H](N)Nc2nnc(C)c3ccc(OC[C@H]4CCCN4)cc23)cccc1C(F)(F)F. The Morgan fingerprint density at radius 1 is 1.19 bits per heavy atom. The van der Waals surface area contributed by atoms with Crippen LogP contribution in [0.15, 0.2) is 36.4 Å². The number of hydrogen-bond donors (Lipinski definition) is 3. The highest BCUT2D eigenvalue weighted by Gasteiger charge is 2.33. The minimum Gasteiger partial charge on any atom is -0.492 e. The Bertz CT molecular complexity index is 1110. The highest BCUT2D eigenvalue weighted by Crippen LogP contribution is 2.35. The standard InChI is InChI=1S/C23H26F3N5O/c1-13-17(6-3-7-20(13)23(24,25)26)21(27)29-22-19-11-16(32-12-15-5-4-10-28-15)8-9-18(19)14(2)30-31-22/h3,6-9,11,15,21,28H,4-5,10,12,27H2,1-2H3,(H,29,31)/t15-,21+/m1/s1.